The first-order valence-electron chi connectivity index (χ1n) is 7.37. The number of benzene rings is 1. The molecule has 0 fully saturated rings. The Morgan fingerprint density at radius 2 is 1.77 bits per heavy atom. The Labute approximate surface area is 132 Å². The molecule has 114 valence electrons. The molecule has 0 saturated carbocycles. The average molecular weight is 294 g/mol. The van der Waals surface area contributed by atoms with Crippen molar-refractivity contribution in [2.24, 2.45) is 0 Å². The Morgan fingerprint density at radius 1 is 1.09 bits per heavy atom. The summed E-state index contributed by atoms with van der Waals surface area (Å²) in [6.45, 7) is 8.50. The van der Waals surface area contributed by atoms with Gasteiger partial charge in [-0.1, -0.05) is 51.1 Å². The maximum atomic E-state index is 11.9. The van der Waals surface area contributed by atoms with Crippen LogP contribution >= 0.6 is 0 Å². The highest BCUT2D eigenvalue weighted by atomic mass is 16.1. The number of hydrogen-bond acceptors (Lipinski definition) is 2. The van der Waals surface area contributed by atoms with E-state index in [-0.39, 0.29) is 11.3 Å². The van der Waals surface area contributed by atoms with Crippen molar-refractivity contribution in [1.29, 1.82) is 0 Å². The molecule has 0 bridgehead atoms. The summed E-state index contributed by atoms with van der Waals surface area (Å²) in [5, 5.41) is 2.74. The topological polar surface area (TPSA) is 42.0 Å². The third kappa shape index (κ3) is 4.55. The van der Waals surface area contributed by atoms with E-state index in [1.54, 1.807) is 18.3 Å². The monoisotopic (exact) mass is 294 g/mol. The van der Waals surface area contributed by atoms with Crippen molar-refractivity contribution in [3.05, 3.63) is 65.4 Å². The number of amides is 1. The molecule has 0 unspecified atom stereocenters. The Morgan fingerprint density at radius 3 is 2.32 bits per heavy atom. The standard InChI is InChI=1S/C19H22N2O/c1-14-5-11-17(20-13-14)21-18(22)12-8-15-6-9-16(10-7-15)19(2,3)4/h5-13H,1-4H3,(H,20,21,22)/b12-8+. The lowest BCUT2D eigenvalue weighted by atomic mass is 9.87. The summed E-state index contributed by atoms with van der Waals surface area (Å²) >= 11 is 0. The van der Waals surface area contributed by atoms with Crippen LogP contribution in [0.5, 0.6) is 0 Å². The lowest BCUT2D eigenvalue weighted by Crippen LogP contribution is -2.10. The zero-order valence-electron chi connectivity index (χ0n) is 13.6. The number of carbonyl (C=O) groups excluding carboxylic acids is 1. The van der Waals surface area contributed by atoms with Crippen molar-refractivity contribution in [1.82, 2.24) is 4.98 Å². The Kier molecular flexibility index (Phi) is 4.76. The smallest absolute Gasteiger partial charge is 0.249 e. The van der Waals surface area contributed by atoms with Crippen LogP contribution < -0.4 is 5.32 Å². The number of carbonyl (C=O) groups is 1. The molecule has 3 heteroatoms. The van der Waals surface area contributed by atoms with E-state index in [4.69, 9.17) is 0 Å². The molecule has 0 aliphatic rings. The Bertz CT molecular complexity index is 662. The molecule has 1 aromatic heterocycles. The van der Waals surface area contributed by atoms with Crippen LogP contribution in [0.25, 0.3) is 6.08 Å². The lowest BCUT2D eigenvalue weighted by Gasteiger charge is -2.18. The van der Waals surface area contributed by atoms with Crippen LogP contribution in [0, 0.1) is 6.92 Å². The van der Waals surface area contributed by atoms with E-state index in [1.807, 2.05) is 25.1 Å². The summed E-state index contributed by atoms with van der Waals surface area (Å²) in [5.74, 6) is 0.375. The van der Waals surface area contributed by atoms with Crippen LogP contribution in [0.2, 0.25) is 0 Å². The number of rotatable bonds is 3. The molecule has 0 aliphatic heterocycles. The maximum Gasteiger partial charge on any atom is 0.249 e. The first-order chi connectivity index (χ1) is 10.3. The second kappa shape index (κ2) is 6.56. The normalized spacial score (nSPS) is 11.6. The van der Waals surface area contributed by atoms with Crippen molar-refractivity contribution in [2.45, 2.75) is 33.1 Å². The number of nitrogens with zero attached hydrogens (tertiary/aromatic N) is 1. The highest BCUT2D eigenvalue weighted by Crippen LogP contribution is 2.22. The van der Waals surface area contributed by atoms with Gasteiger partial charge in [0.25, 0.3) is 0 Å². The molecule has 2 rings (SSSR count). The molecule has 1 aromatic carbocycles. The van der Waals surface area contributed by atoms with Gasteiger partial charge in [-0.25, -0.2) is 4.98 Å². The van der Waals surface area contributed by atoms with Crippen LogP contribution in [-0.4, -0.2) is 10.9 Å². The van der Waals surface area contributed by atoms with Gasteiger partial charge in [0.05, 0.1) is 0 Å². The molecule has 3 nitrogen and oxygen atoms in total. The van der Waals surface area contributed by atoms with Crippen molar-refractivity contribution >= 4 is 17.8 Å². The summed E-state index contributed by atoms with van der Waals surface area (Å²) < 4.78 is 0. The SMILES string of the molecule is Cc1ccc(NC(=O)/C=C/c2ccc(C(C)(C)C)cc2)nc1. The van der Waals surface area contributed by atoms with Gasteiger partial charge < -0.3 is 5.32 Å². The van der Waals surface area contributed by atoms with Gasteiger partial charge in [-0.3, -0.25) is 4.79 Å². The summed E-state index contributed by atoms with van der Waals surface area (Å²) in [6.07, 6.45) is 5.05. The number of hydrogen-bond donors (Lipinski definition) is 1. The fourth-order valence-corrected chi connectivity index (χ4v) is 1.98. The van der Waals surface area contributed by atoms with E-state index >= 15 is 0 Å². The second-order valence-corrected chi connectivity index (χ2v) is 6.42. The van der Waals surface area contributed by atoms with Gasteiger partial charge in [-0.2, -0.15) is 0 Å². The number of aromatic nitrogens is 1. The van der Waals surface area contributed by atoms with Crippen LogP contribution in [0.3, 0.4) is 0 Å². The minimum absolute atomic E-state index is 0.136. The van der Waals surface area contributed by atoms with Gasteiger partial charge in [0.1, 0.15) is 5.82 Å². The molecular formula is C19H22N2O. The fourth-order valence-electron chi connectivity index (χ4n) is 1.98. The third-order valence-corrected chi connectivity index (χ3v) is 3.37. The third-order valence-electron chi connectivity index (χ3n) is 3.37. The van der Waals surface area contributed by atoms with E-state index in [0.29, 0.717) is 5.82 Å². The first kappa shape index (κ1) is 16.0. The minimum atomic E-state index is -0.184. The highest BCUT2D eigenvalue weighted by molar-refractivity contribution is 6.01. The summed E-state index contributed by atoms with van der Waals surface area (Å²) in [7, 11) is 0. The van der Waals surface area contributed by atoms with Gasteiger partial charge in [0.15, 0.2) is 0 Å². The Balaban J connectivity index is 1.99. The number of nitrogens with one attached hydrogen (secondary N) is 1. The highest BCUT2D eigenvalue weighted by Gasteiger charge is 2.12. The van der Waals surface area contributed by atoms with Crippen LogP contribution in [0.4, 0.5) is 5.82 Å². The predicted octanol–water partition coefficient (Wildman–Crippen LogP) is 4.34. The molecule has 0 radical (unpaired) electrons. The molecular weight excluding hydrogens is 272 g/mol. The average Bonchev–Trinajstić information content (AvgIpc) is 2.47. The van der Waals surface area contributed by atoms with Gasteiger partial charge in [-0.05, 0) is 41.2 Å². The largest absolute Gasteiger partial charge is 0.307 e. The van der Waals surface area contributed by atoms with Crippen molar-refractivity contribution < 1.29 is 4.79 Å². The van der Waals surface area contributed by atoms with E-state index < -0.39 is 0 Å². The zero-order chi connectivity index (χ0) is 16.2. The molecule has 0 saturated heterocycles. The van der Waals surface area contributed by atoms with Gasteiger partial charge in [-0.15, -0.1) is 0 Å². The van der Waals surface area contributed by atoms with Crippen LogP contribution in [0.1, 0.15) is 37.5 Å². The van der Waals surface area contributed by atoms with E-state index in [1.165, 1.54) is 11.6 Å². The Hall–Kier alpha value is -2.42. The van der Waals surface area contributed by atoms with Gasteiger partial charge >= 0.3 is 0 Å². The van der Waals surface area contributed by atoms with Gasteiger partial charge in [0, 0.05) is 12.3 Å². The molecule has 2 aromatic rings. The summed E-state index contributed by atoms with van der Waals surface area (Å²) in [6, 6.07) is 11.9. The van der Waals surface area contributed by atoms with Crippen molar-refractivity contribution in [2.75, 3.05) is 5.32 Å². The molecule has 1 N–H and O–H groups in total. The fraction of sp³-hybridized carbons (Fsp3) is 0.263. The van der Waals surface area contributed by atoms with Gasteiger partial charge in [0.2, 0.25) is 5.91 Å². The molecule has 0 spiro atoms. The first-order valence-corrected chi connectivity index (χ1v) is 7.37. The molecule has 1 amide bonds. The van der Waals surface area contributed by atoms with Crippen LogP contribution in [-0.2, 0) is 10.2 Å². The summed E-state index contributed by atoms with van der Waals surface area (Å²) in [4.78, 5) is 16.0. The van der Waals surface area contributed by atoms with E-state index in [2.05, 4.69) is 43.2 Å². The van der Waals surface area contributed by atoms with Crippen molar-refractivity contribution in [3.63, 3.8) is 0 Å². The summed E-state index contributed by atoms with van der Waals surface area (Å²) in [5.41, 5.74) is 3.47. The lowest BCUT2D eigenvalue weighted by molar-refractivity contribution is -0.111. The molecule has 0 aliphatic carbocycles. The number of anilines is 1. The number of pyridine rings is 1. The quantitative estimate of drug-likeness (QED) is 0.856. The second-order valence-electron chi connectivity index (χ2n) is 6.42. The number of aryl methyl sites for hydroxylation is 1. The van der Waals surface area contributed by atoms with Crippen LogP contribution in [0.15, 0.2) is 48.7 Å². The van der Waals surface area contributed by atoms with E-state index in [9.17, 15) is 4.79 Å². The predicted molar refractivity (Wildman–Crippen MR) is 91.8 cm³/mol. The zero-order valence-corrected chi connectivity index (χ0v) is 13.6. The molecule has 0 atom stereocenters. The molecule has 22 heavy (non-hydrogen) atoms. The van der Waals surface area contributed by atoms with Crippen molar-refractivity contribution in [3.8, 4) is 0 Å². The minimum Gasteiger partial charge on any atom is -0.307 e. The maximum absolute atomic E-state index is 11.9. The van der Waals surface area contributed by atoms with E-state index in [0.717, 1.165) is 11.1 Å². The molecule has 1 heterocycles.